The molecule has 0 saturated heterocycles. The molecule has 110 valence electrons. The van der Waals surface area contributed by atoms with Gasteiger partial charge in [-0.15, -0.1) is 23.5 Å². The summed E-state index contributed by atoms with van der Waals surface area (Å²) in [6, 6.07) is 26.0. The number of hydrogen-bond acceptors (Lipinski definition) is 2. The lowest BCUT2D eigenvalue weighted by Gasteiger charge is -2.11. The SMILES string of the molecule is CSc1ccccc1-c1cccc(-c2ccccc2SC)c1. The van der Waals surface area contributed by atoms with Crippen LogP contribution in [0.4, 0.5) is 0 Å². The van der Waals surface area contributed by atoms with Gasteiger partial charge in [-0.1, -0.05) is 54.6 Å². The van der Waals surface area contributed by atoms with Gasteiger partial charge < -0.3 is 0 Å². The van der Waals surface area contributed by atoms with Gasteiger partial charge in [-0.2, -0.15) is 0 Å². The Labute approximate surface area is 141 Å². The van der Waals surface area contributed by atoms with Crippen molar-refractivity contribution >= 4 is 23.5 Å². The first-order valence-electron chi connectivity index (χ1n) is 7.20. The summed E-state index contributed by atoms with van der Waals surface area (Å²) in [5.74, 6) is 0. The molecule has 0 amide bonds. The van der Waals surface area contributed by atoms with E-state index in [0.717, 1.165) is 0 Å². The number of thioether (sulfide) groups is 2. The van der Waals surface area contributed by atoms with E-state index in [2.05, 4.69) is 85.3 Å². The van der Waals surface area contributed by atoms with Crippen molar-refractivity contribution in [3.8, 4) is 22.3 Å². The van der Waals surface area contributed by atoms with Crippen LogP contribution in [0.5, 0.6) is 0 Å². The van der Waals surface area contributed by atoms with Gasteiger partial charge in [0, 0.05) is 9.79 Å². The van der Waals surface area contributed by atoms with E-state index in [4.69, 9.17) is 0 Å². The van der Waals surface area contributed by atoms with Crippen LogP contribution in [-0.2, 0) is 0 Å². The molecule has 22 heavy (non-hydrogen) atoms. The van der Waals surface area contributed by atoms with Crippen LogP contribution >= 0.6 is 23.5 Å². The van der Waals surface area contributed by atoms with Crippen molar-refractivity contribution < 1.29 is 0 Å². The predicted molar refractivity (Wildman–Crippen MR) is 101 cm³/mol. The quantitative estimate of drug-likeness (QED) is 0.505. The Balaban J connectivity index is 2.10. The van der Waals surface area contributed by atoms with Gasteiger partial charge in [0.2, 0.25) is 0 Å². The van der Waals surface area contributed by atoms with Crippen molar-refractivity contribution in [2.24, 2.45) is 0 Å². The molecule has 3 aromatic rings. The molecule has 0 aromatic heterocycles. The highest BCUT2D eigenvalue weighted by Gasteiger charge is 2.07. The van der Waals surface area contributed by atoms with Crippen LogP contribution in [0.1, 0.15) is 0 Å². The lowest BCUT2D eigenvalue weighted by atomic mass is 9.99. The Morgan fingerprint density at radius 1 is 0.545 bits per heavy atom. The van der Waals surface area contributed by atoms with Crippen LogP contribution in [0.2, 0.25) is 0 Å². The lowest BCUT2D eigenvalue weighted by molar-refractivity contribution is 1.42. The highest BCUT2D eigenvalue weighted by atomic mass is 32.2. The zero-order valence-electron chi connectivity index (χ0n) is 12.7. The Bertz CT molecular complexity index is 715. The van der Waals surface area contributed by atoms with E-state index in [9.17, 15) is 0 Å². The van der Waals surface area contributed by atoms with Crippen molar-refractivity contribution in [1.29, 1.82) is 0 Å². The monoisotopic (exact) mass is 322 g/mol. The molecule has 0 aliphatic heterocycles. The first-order valence-corrected chi connectivity index (χ1v) is 9.65. The molecule has 0 aliphatic carbocycles. The smallest absolute Gasteiger partial charge is 0.0148 e. The van der Waals surface area contributed by atoms with E-state index in [0.29, 0.717) is 0 Å². The highest BCUT2D eigenvalue weighted by molar-refractivity contribution is 7.99. The first kappa shape index (κ1) is 15.3. The van der Waals surface area contributed by atoms with Crippen molar-refractivity contribution in [2.75, 3.05) is 12.5 Å². The maximum atomic E-state index is 2.30. The van der Waals surface area contributed by atoms with Gasteiger partial charge in [-0.25, -0.2) is 0 Å². The minimum absolute atomic E-state index is 1.28. The molecule has 0 heterocycles. The molecule has 0 radical (unpaired) electrons. The van der Waals surface area contributed by atoms with Crippen LogP contribution in [-0.4, -0.2) is 12.5 Å². The lowest BCUT2D eigenvalue weighted by Crippen LogP contribution is -1.85. The summed E-state index contributed by atoms with van der Waals surface area (Å²) in [5.41, 5.74) is 5.16. The molecule has 2 heteroatoms. The van der Waals surface area contributed by atoms with E-state index in [1.807, 2.05) is 0 Å². The maximum absolute atomic E-state index is 2.30. The summed E-state index contributed by atoms with van der Waals surface area (Å²) in [6.07, 6.45) is 4.26. The molecule has 0 saturated carbocycles. The topological polar surface area (TPSA) is 0 Å². The van der Waals surface area contributed by atoms with Gasteiger partial charge in [0.15, 0.2) is 0 Å². The van der Waals surface area contributed by atoms with Crippen molar-refractivity contribution in [3.05, 3.63) is 72.8 Å². The Kier molecular flexibility index (Phi) is 4.91. The Morgan fingerprint density at radius 3 is 1.45 bits per heavy atom. The fraction of sp³-hybridized carbons (Fsp3) is 0.100. The average molecular weight is 322 g/mol. The van der Waals surface area contributed by atoms with Gasteiger partial charge in [-0.3, -0.25) is 0 Å². The molecule has 0 bridgehead atoms. The molecular weight excluding hydrogens is 304 g/mol. The van der Waals surface area contributed by atoms with E-state index in [1.54, 1.807) is 23.5 Å². The normalized spacial score (nSPS) is 10.6. The fourth-order valence-electron chi connectivity index (χ4n) is 2.62. The number of hydrogen-bond donors (Lipinski definition) is 0. The summed E-state index contributed by atoms with van der Waals surface area (Å²) in [7, 11) is 0. The van der Waals surface area contributed by atoms with Crippen LogP contribution < -0.4 is 0 Å². The molecule has 0 atom stereocenters. The fourth-order valence-corrected chi connectivity index (χ4v) is 3.86. The van der Waals surface area contributed by atoms with Crippen LogP contribution in [0.15, 0.2) is 82.6 Å². The second-order valence-electron chi connectivity index (χ2n) is 4.98. The summed E-state index contributed by atoms with van der Waals surface area (Å²) in [4.78, 5) is 2.63. The number of benzene rings is 3. The minimum atomic E-state index is 1.28. The Hall–Kier alpha value is -1.64. The molecule has 0 nitrogen and oxygen atoms in total. The molecule has 0 N–H and O–H groups in total. The first-order chi connectivity index (χ1) is 10.8. The molecule has 3 aromatic carbocycles. The van der Waals surface area contributed by atoms with Crippen molar-refractivity contribution in [1.82, 2.24) is 0 Å². The second kappa shape index (κ2) is 7.08. The third kappa shape index (κ3) is 3.08. The standard InChI is InChI=1S/C20H18S2/c1-21-19-12-5-3-10-17(19)15-8-7-9-16(14-15)18-11-4-6-13-20(18)22-2/h3-14H,1-2H3. The molecular formula is C20H18S2. The third-order valence-electron chi connectivity index (χ3n) is 3.70. The van der Waals surface area contributed by atoms with Crippen LogP contribution in [0.3, 0.4) is 0 Å². The molecule has 0 unspecified atom stereocenters. The second-order valence-corrected chi connectivity index (χ2v) is 6.68. The van der Waals surface area contributed by atoms with Crippen LogP contribution in [0, 0.1) is 0 Å². The van der Waals surface area contributed by atoms with Crippen LogP contribution in [0.25, 0.3) is 22.3 Å². The van der Waals surface area contributed by atoms with Gasteiger partial charge in [0.05, 0.1) is 0 Å². The van der Waals surface area contributed by atoms with Gasteiger partial charge in [-0.05, 0) is 53.0 Å². The summed E-state index contributed by atoms with van der Waals surface area (Å²) >= 11 is 3.59. The minimum Gasteiger partial charge on any atom is -0.129 e. The highest BCUT2D eigenvalue weighted by Crippen LogP contribution is 2.35. The van der Waals surface area contributed by atoms with Crippen molar-refractivity contribution in [3.63, 3.8) is 0 Å². The molecule has 0 fully saturated rings. The average Bonchev–Trinajstić information content (AvgIpc) is 2.61. The van der Waals surface area contributed by atoms with Gasteiger partial charge in [0.25, 0.3) is 0 Å². The van der Waals surface area contributed by atoms with E-state index < -0.39 is 0 Å². The Morgan fingerprint density at radius 2 is 1.00 bits per heavy atom. The largest absolute Gasteiger partial charge is 0.129 e. The zero-order valence-corrected chi connectivity index (χ0v) is 14.4. The van der Waals surface area contributed by atoms with Crippen molar-refractivity contribution in [2.45, 2.75) is 9.79 Å². The number of rotatable bonds is 4. The van der Waals surface area contributed by atoms with E-state index >= 15 is 0 Å². The van der Waals surface area contributed by atoms with E-state index in [-0.39, 0.29) is 0 Å². The molecule has 0 aliphatic rings. The summed E-state index contributed by atoms with van der Waals surface area (Å²) in [5, 5.41) is 0. The zero-order chi connectivity index (χ0) is 15.4. The summed E-state index contributed by atoms with van der Waals surface area (Å²) in [6.45, 7) is 0. The predicted octanol–water partition coefficient (Wildman–Crippen LogP) is 6.46. The summed E-state index contributed by atoms with van der Waals surface area (Å²) < 4.78 is 0. The van der Waals surface area contributed by atoms with E-state index in [1.165, 1.54) is 32.0 Å². The molecule has 0 spiro atoms. The maximum Gasteiger partial charge on any atom is 0.0148 e. The van der Waals surface area contributed by atoms with Gasteiger partial charge in [0.1, 0.15) is 0 Å². The third-order valence-corrected chi connectivity index (χ3v) is 5.29. The van der Waals surface area contributed by atoms with Gasteiger partial charge >= 0.3 is 0 Å². The molecule has 3 rings (SSSR count).